The lowest BCUT2D eigenvalue weighted by atomic mass is 10.1. The molecule has 1 saturated heterocycles. The van der Waals surface area contributed by atoms with E-state index >= 15 is 0 Å². The molecule has 7 nitrogen and oxygen atoms in total. The lowest BCUT2D eigenvalue weighted by Crippen LogP contribution is -2.25. The van der Waals surface area contributed by atoms with E-state index in [9.17, 15) is 4.79 Å². The van der Waals surface area contributed by atoms with Crippen LogP contribution in [0.15, 0.2) is 48.8 Å². The number of carbonyl (C=O) groups is 1. The number of aryl methyl sites for hydroxylation is 2. The molecule has 4 rings (SSSR count). The number of carbonyl (C=O) groups excluding carboxylic acids is 1. The summed E-state index contributed by atoms with van der Waals surface area (Å²) in [5.41, 5.74) is 3.10. The van der Waals surface area contributed by atoms with E-state index in [1.807, 2.05) is 43.0 Å². The van der Waals surface area contributed by atoms with Crippen molar-refractivity contribution in [2.24, 2.45) is 5.92 Å². The van der Waals surface area contributed by atoms with E-state index in [1.54, 1.807) is 17.1 Å². The molecule has 7 heteroatoms. The average Bonchev–Trinajstić information content (AvgIpc) is 3.22. The van der Waals surface area contributed by atoms with Crippen molar-refractivity contribution in [1.29, 1.82) is 0 Å². The average molecular weight is 376 g/mol. The molecule has 1 fully saturated rings. The summed E-state index contributed by atoms with van der Waals surface area (Å²) in [7, 11) is 0. The molecule has 1 amide bonds. The zero-order chi connectivity index (χ0) is 19.5. The number of benzene rings is 1. The van der Waals surface area contributed by atoms with Gasteiger partial charge in [0.25, 0.3) is 0 Å². The zero-order valence-corrected chi connectivity index (χ0v) is 16.2. The molecule has 3 aromatic rings. The van der Waals surface area contributed by atoms with Crippen molar-refractivity contribution in [3.63, 3.8) is 0 Å². The van der Waals surface area contributed by atoms with Crippen LogP contribution in [0.25, 0.3) is 5.82 Å². The van der Waals surface area contributed by atoms with Gasteiger partial charge in [0.15, 0.2) is 11.6 Å². The summed E-state index contributed by atoms with van der Waals surface area (Å²) in [5, 5.41) is 7.89. The fourth-order valence-corrected chi connectivity index (χ4v) is 3.64. The summed E-state index contributed by atoms with van der Waals surface area (Å²) in [5.74, 6) is 1.81. The van der Waals surface area contributed by atoms with Crippen molar-refractivity contribution in [2.45, 2.75) is 26.8 Å². The first-order chi connectivity index (χ1) is 13.6. The van der Waals surface area contributed by atoms with Crippen molar-refractivity contribution in [2.75, 3.05) is 18.4 Å². The van der Waals surface area contributed by atoms with Crippen LogP contribution in [0.3, 0.4) is 0 Å². The van der Waals surface area contributed by atoms with Crippen LogP contribution < -0.4 is 5.32 Å². The van der Waals surface area contributed by atoms with Crippen LogP contribution in [0, 0.1) is 19.8 Å². The maximum atomic E-state index is 12.4. The number of nitrogens with zero attached hydrogens (tertiary/aromatic N) is 5. The number of aromatic nitrogens is 4. The number of hydrogen-bond acceptors (Lipinski definition) is 5. The minimum absolute atomic E-state index is 0.202. The maximum Gasteiger partial charge on any atom is 0.223 e. The Hall–Kier alpha value is -3.22. The molecule has 1 aliphatic heterocycles. The molecule has 1 aliphatic rings. The highest BCUT2D eigenvalue weighted by atomic mass is 16.2. The van der Waals surface area contributed by atoms with Gasteiger partial charge >= 0.3 is 0 Å². The molecular weight excluding hydrogens is 352 g/mol. The molecule has 0 spiro atoms. The van der Waals surface area contributed by atoms with Crippen LogP contribution >= 0.6 is 0 Å². The van der Waals surface area contributed by atoms with Crippen LogP contribution in [-0.2, 0) is 11.3 Å². The van der Waals surface area contributed by atoms with Crippen LogP contribution in [0.2, 0.25) is 0 Å². The Labute approximate surface area is 164 Å². The molecule has 0 aliphatic carbocycles. The summed E-state index contributed by atoms with van der Waals surface area (Å²) >= 11 is 0. The summed E-state index contributed by atoms with van der Waals surface area (Å²) in [6.45, 7) is 6.03. The van der Waals surface area contributed by atoms with Gasteiger partial charge in [-0.05, 0) is 25.5 Å². The van der Waals surface area contributed by atoms with Crippen molar-refractivity contribution in [3.8, 4) is 5.82 Å². The van der Waals surface area contributed by atoms with Crippen LogP contribution in [0.1, 0.15) is 23.4 Å². The van der Waals surface area contributed by atoms with Gasteiger partial charge in [-0.25, -0.2) is 14.6 Å². The molecular formula is C21H24N6O. The Morgan fingerprint density at radius 2 is 1.93 bits per heavy atom. The van der Waals surface area contributed by atoms with E-state index < -0.39 is 0 Å². The highest BCUT2D eigenvalue weighted by Gasteiger charge is 2.29. The van der Waals surface area contributed by atoms with E-state index in [0.717, 1.165) is 23.5 Å². The quantitative estimate of drug-likeness (QED) is 0.716. The van der Waals surface area contributed by atoms with Gasteiger partial charge in [0.2, 0.25) is 5.91 Å². The lowest BCUT2D eigenvalue weighted by molar-refractivity contribution is -0.128. The summed E-state index contributed by atoms with van der Waals surface area (Å²) in [4.78, 5) is 23.2. The molecule has 144 valence electrons. The van der Waals surface area contributed by atoms with E-state index in [4.69, 9.17) is 0 Å². The normalized spacial score (nSPS) is 16.6. The maximum absolute atomic E-state index is 12.4. The van der Waals surface area contributed by atoms with E-state index in [2.05, 4.69) is 32.5 Å². The first-order valence-electron chi connectivity index (χ1n) is 9.50. The molecule has 2 aromatic heterocycles. The van der Waals surface area contributed by atoms with Gasteiger partial charge in [-0.15, -0.1) is 0 Å². The topological polar surface area (TPSA) is 75.9 Å². The van der Waals surface area contributed by atoms with E-state index in [1.165, 1.54) is 0 Å². The standard InChI is InChI=1S/C21H24N6O/c1-15-10-16(2)27(25-15)21-20(22-8-9-23-21)24-12-18-11-19(28)26(14-18)13-17-6-4-3-5-7-17/h3-10,18H,11-14H2,1-2H3,(H,22,24). The van der Waals surface area contributed by atoms with Crippen molar-refractivity contribution < 1.29 is 4.79 Å². The first-order valence-corrected chi connectivity index (χ1v) is 9.50. The smallest absolute Gasteiger partial charge is 0.223 e. The number of nitrogens with one attached hydrogen (secondary N) is 1. The van der Waals surface area contributed by atoms with Crippen LogP contribution in [0.4, 0.5) is 5.82 Å². The number of hydrogen-bond donors (Lipinski definition) is 1. The second kappa shape index (κ2) is 7.80. The summed E-state index contributed by atoms with van der Waals surface area (Å²) < 4.78 is 1.80. The summed E-state index contributed by atoms with van der Waals surface area (Å²) in [6, 6.07) is 12.1. The summed E-state index contributed by atoms with van der Waals surface area (Å²) in [6.07, 6.45) is 3.88. The van der Waals surface area contributed by atoms with Gasteiger partial charge in [0.1, 0.15) is 0 Å². The molecule has 0 bridgehead atoms. The second-order valence-corrected chi connectivity index (χ2v) is 7.28. The Kier molecular flexibility index (Phi) is 5.06. The molecule has 1 unspecified atom stereocenters. The fraction of sp³-hybridized carbons (Fsp3) is 0.333. The third kappa shape index (κ3) is 3.88. The highest BCUT2D eigenvalue weighted by Crippen LogP contribution is 2.22. The monoisotopic (exact) mass is 376 g/mol. The van der Waals surface area contributed by atoms with E-state index in [-0.39, 0.29) is 11.8 Å². The molecule has 28 heavy (non-hydrogen) atoms. The largest absolute Gasteiger partial charge is 0.367 e. The number of anilines is 1. The highest BCUT2D eigenvalue weighted by molar-refractivity contribution is 5.78. The molecule has 0 radical (unpaired) electrons. The third-order valence-electron chi connectivity index (χ3n) is 4.96. The minimum atomic E-state index is 0.202. The van der Waals surface area contributed by atoms with E-state index in [0.29, 0.717) is 31.1 Å². The predicted molar refractivity (Wildman–Crippen MR) is 107 cm³/mol. The zero-order valence-electron chi connectivity index (χ0n) is 16.2. The van der Waals surface area contributed by atoms with Gasteiger partial charge in [0.05, 0.1) is 5.69 Å². The molecule has 0 saturated carbocycles. The molecule has 1 atom stereocenters. The number of likely N-dealkylation sites (tertiary alicyclic amines) is 1. The minimum Gasteiger partial charge on any atom is -0.367 e. The van der Waals surface area contributed by atoms with Crippen molar-refractivity contribution >= 4 is 11.7 Å². The van der Waals surface area contributed by atoms with Crippen LogP contribution in [-0.4, -0.2) is 43.6 Å². The SMILES string of the molecule is Cc1cc(C)n(-c2nccnc2NCC2CC(=O)N(Cc3ccccc3)C2)n1. The Morgan fingerprint density at radius 1 is 1.14 bits per heavy atom. The number of amides is 1. The van der Waals surface area contributed by atoms with Gasteiger partial charge in [-0.2, -0.15) is 5.10 Å². The van der Waals surface area contributed by atoms with Gasteiger partial charge in [-0.1, -0.05) is 30.3 Å². The number of rotatable bonds is 6. The first kappa shape index (κ1) is 18.2. The van der Waals surface area contributed by atoms with Gasteiger partial charge in [-0.3, -0.25) is 4.79 Å². The van der Waals surface area contributed by atoms with Crippen molar-refractivity contribution in [3.05, 3.63) is 65.7 Å². The fourth-order valence-electron chi connectivity index (χ4n) is 3.64. The Balaban J connectivity index is 1.42. The van der Waals surface area contributed by atoms with Gasteiger partial charge in [0, 0.05) is 50.1 Å². The van der Waals surface area contributed by atoms with Crippen molar-refractivity contribution in [1.82, 2.24) is 24.6 Å². The molecule has 1 N–H and O–H groups in total. The third-order valence-corrected chi connectivity index (χ3v) is 4.96. The Bertz CT molecular complexity index is 968. The predicted octanol–water partition coefficient (Wildman–Crippen LogP) is 2.74. The van der Waals surface area contributed by atoms with Gasteiger partial charge < -0.3 is 10.2 Å². The second-order valence-electron chi connectivity index (χ2n) is 7.28. The Morgan fingerprint density at radius 3 is 2.68 bits per heavy atom. The van der Waals surface area contributed by atoms with Crippen LogP contribution in [0.5, 0.6) is 0 Å². The molecule has 3 heterocycles. The lowest BCUT2D eigenvalue weighted by Gasteiger charge is -2.17. The molecule has 1 aromatic carbocycles.